The van der Waals surface area contributed by atoms with Crippen LogP contribution in [0.1, 0.15) is 42.4 Å². The maximum atomic E-state index is 11.0. The van der Waals surface area contributed by atoms with Gasteiger partial charge in [-0.05, 0) is 42.4 Å². The van der Waals surface area contributed by atoms with Crippen molar-refractivity contribution in [1.82, 2.24) is 0 Å². The highest BCUT2D eigenvalue weighted by atomic mass is 16.4. The Kier molecular flexibility index (Phi) is 3.48. The second-order valence-electron chi connectivity index (χ2n) is 4.84. The molecule has 1 aromatic rings. The highest BCUT2D eigenvalue weighted by molar-refractivity contribution is 5.74. The van der Waals surface area contributed by atoms with Crippen LogP contribution in [0.4, 0.5) is 0 Å². The molecule has 0 spiro atoms. The molecule has 3 heteroatoms. The van der Waals surface area contributed by atoms with Gasteiger partial charge in [0.25, 0.3) is 0 Å². The van der Waals surface area contributed by atoms with Gasteiger partial charge >= 0.3 is 5.97 Å². The van der Waals surface area contributed by atoms with Gasteiger partial charge < -0.3 is 10.8 Å². The fourth-order valence-electron chi connectivity index (χ4n) is 2.64. The summed E-state index contributed by atoms with van der Waals surface area (Å²) in [5.41, 5.74) is 9.56. The highest BCUT2D eigenvalue weighted by Gasteiger charge is 2.25. The summed E-state index contributed by atoms with van der Waals surface area (Å²) in [6.07, 6.45) is 4.59. The lowest BCUT2D eigenvalue weighted by Crippen LogP contribution is -2.35. The van der Waals surface area contributed by atoms with Crippen LogP contribution in [0.15, 0.2) is 18.2 Å². The molecule has 0 saturated carbocycles. The zero-order valence-corrected chi connectivity index (χ0v) is 10.1. The first-order valence-electron chi connectivity index (χ1n) is 6.20. The molecule has 2 rings (SSSR count). The van der Waals surface area contributed by atoms with E-state index < -0.39 is 12.0 Å². The topological polar surface area (TPSA) is 63.3 Å². The molecule has 2 atom stereocenters. The van der Waals surface area contributed by atoms with Crippen LogP contribution >= 0.6 is 0 Å². The Bertz CT molecular complexity index is 428. The molecule has 0 aliphatic heterocycles. The molecular formula is C14H19NO2. The first kappa shape index (κ1) is 12.1. The van der Waals surface area contributed by atoms with Crippen LogP contribution in [-0.4, -0.2) is 17.1 Å². The number of carbonyl (C=O) groups is 1. The van der Waals surface area contributed by atoms with Crippen LogP contribution in [0, 0.1) is 0 Å². The van der Waals surface area contributed by atoms with Gasteiger partial charge in [-0.1, -0.05) is 25.1 Å². The predicted octanol–water partition coefficient (Wildman–Crippen LogP) is 2.08. The van der Waals surface area contributed by atoms with Crippen molar-refractivity contribution in [2.24, 2.45) is 5.73 Å². The Hall–Kier alpha value is -1.35. The zero-order valence-electron chi connectivity index (χ0n) is 10.1. The second-order valence-corrected chi connectivity index (χ2v) is 4.84. The summed E-state index contributed by atoms with van der Waals surface area (Å²) >= 11 is 0. The van der Waals surface area contributed by atoms with Crippen LogP contribution in [0.5, 0.6) is 0 Å². The van der Waals surface area contributed by atoms with Crippen LogP contribution in [0.25, 0.3) is 0 Å². The standard InChI is InChI=1S/C14H19NO2/c1-9(13(15)14(16)17)11-8-4-6-10-5-2-3-7-12(10)11/h4,6,8-9,13H,2-3,5,7,15H2,1H3,(H,16,17)/t9?,13-/m0/s1. The highest BCUT2D eigenvalue weighted by Crippen LogP contribution is 2.30. The molecule has 3 N–H and O–H groups in total. The van der Waals surface area contributed by atoms with E-state index in [1.54, 1.807) is 0 Å². The van der Waals surface area contributed by atoms with Gasteiger partial charge in [0, 0.05) is 5.92 Å². The summed E-state index contributed by atoms with van der Waals surface area (Å²) < 4.78 is 0. The Morgan fingerprint density at radius 2 is 2.06 bits per heavy atom. The van der Waals surface area contributed by atoms with Gasteiger partial charge in [-0.2, -0.15) is 0 Å². The van der Waals surface area contributed by atoms with Crippen molar-refractivity contribution in [3.05, 3.63) is 34.9 Å². The number of carboxylic acid groups (broad SMARTS) is 1. The molecule has 0 aromatic heterocycles. The van der Waals surface area contributed by atoms with E-state index in [9.17, 15) is 4.79 Å². The molecule has 0 heterocycles. The van der Waals surface area contributed by atoms with E-state index >= 15 is 0 Å². The number of fused-ring (bicyclic) bond motifs is 1. The SMILES string of the molecule is CC(c1cccc2c1CCCC2)[C@H](N)C(=O)O. The lowest BCUT2D eigenvalue weighted by Gasteiger charge is -2.24. The smallest absolute Gasteiger partial charge is 0.321 e. The zero-order chi connectivity index (χ0) is 12.4. The van der Waals surface area contributed by atoms with E-state index in [1.165, 1.54) is 24.0 Å². The van der Waals surface area contributed by atoms with Crippen molar-refractivity contribution in [2.75, 3.05) is 0 Å². The molecule has 0 saturated heterocycles. The van der Waals surface area contributed by atoms with E-state index in [1.807, 2.05) is 19.1 Å². The van der Waals surface area contributed by atoms with Crippen molar-refractivity contribution in [2.45, 2.75) is 44.6 Å². The van der Waals surface area contributed by atoms with Gasteiger partial charge in [0.1, 0.15) is 6.04 Å². The van der Waals surface area contributed by atoms with Crippen molar-refractivity contribution in [1.29, 1.82) is 0 Å². The first-order valence-corrected chi connectivity index (χ1v) is 6.20. The summed E-state index contributed by atoms with van der Waals surface area (Å²) in [5.74, 6) is -1.05. The number of hydrogen-bond acceptors (Lipinski definition) is 2. The molecule has 1 unspecified atom stereocenters. The van der Waals surface area contributed by atoms with Crippen molar-refractivity contribution in [3.8, 4) is 0 Å². The fourth-order valence-corrected chi connectivity index (χ4v) is 2.64. The number of rotatable bonds is 3. The van der Waals surface area contributed by atoms with Crippen molar-refractivity contribution < 1.29 is 9.90 Å². The van der Waals surface area contributed by atoms with E-state index in [4.69, 9.17) is 10.8 Å². The summed E-state index contributed by atoms with van der Waals surface area (Å²) in [4.78, 5) is 11.0. The molecule has 17 heavy (non-hydrogen) atoms. The van der Waals surface area contributed by atoms with Crippen LogP contribution in [0.3, 0.4) is 0 Å². The lowest BCUT2D eigenvalue weighted by molar-refractivity contribution is -0.139. The van der Waals surface area contributed by atoms with Crippen molar-refractivity contribution in [3.63, 3.8) is 0 Å². The molecule has 92 valence electrons. The average molecular weight is 233 g/mol. The monoisotopic (exact) mass is 233 g/mol. The third kappa shape index (κ3) is 2.34. The number of benzene rings is 1. The van der Waals surface area contributed by atoms with Crippen molar-refractivity contribution >= 4 is 5.97 Å². The van der Waals surface area contributed by atoms with E-state index in [0.717, 1.165) is 18.4 Å². The summed E-state index contributed by atoms with van der Waals surface area (Å²) in [6, 6.07) is 5.38. The third-order valence-corrected chi connectivity index (χ3v) is 3.75. The van der Waals surface area contributed by atoms with Crippen LogP contribution < -0.4 is 5.73 Å². The maximum absolute atomic E-state index is 11.0. The summed E-state index contributed by atoms with van der Waals surface area (Å²) in [7, 11) is 0. The Morgan fingerprint density at radius 1 is 1.35 bits per heavy atom. The number of aliphatic carboxylic acids is 1. The molecule has 0 amide bonds. The summed E-state index contributed by atoms with van der Waals surface area (Å²) in [5, 5.41) is 8.99. The predicted molar refractivity (Wildman–Crippen MR) is 67.1 cm³/mol. The molecule has 3 nitrogen and oxygen atoms in total. The van der Waals surface area contributed by atoms with Crippen LogP contribution in [-0.2, 0) is 17.6 Å². The maximum Gasteiger partial charge on any atom is 0.321 e. The minimum absolute atomic E-state index is 0.124. The molecule has 1 aromatic carbocycles. The summed E-state index contributed by atoms with van der Waals surface area (Å²) in [6.45, 7) is 1.91. The number of nitrogens with two attached hydrogens (primary N) is 1. The lowest BCUT2D eigenvalue weighted by atomic mass is 9.82. The average Bonchev–Trinajstić information content (AvgIpc) is 2.36. The Balaban J connectivity index is 2.35. The molecule has 0 bridgehead atoms. The quantitative estimate of drug-likeness (QED) is 0.840. The largest absolute Gasteiger partial charge is 0.480 e. The number of hydrogen-bond donors (Lipinski definition) is 2. The fraction of sp³-hybridized carbons (Fsp3) is 0.500. The number of aryl methyl sites for hydroxylation is 1. The van der Waals surface area contributed by atoms with Gasteiger partial charge in [-0.25, -0.2) is 0 Å². The third-order valence-electron chi connectivity index (χ3n) is 3.75. The minimum atomic E-state index is -0.925. The molecule has 1 aliphatic carbocycles. The molecular weight excluding hydrogens is 214 g/mol. The molecule has 1 aliphatic rings. The molecule has 0 radical (unpaired) electrons. The van der Waals surface area contributed by atoms with E-state index in [0.29, 0.717) is 0 Å². The second kappa shape index (κ2) is 4.88. The van der Waals surface area contributed by atoms with Gasteiger partial charge in [-0.15, -0.1) is 0 Å². The number of carboxylic acids is 1. The van der Waals surface area contributed by atoms with Gasteiger partial charge in [-0.3, -0.25) is 4.79 Å². The van der Waals surface area contributed by atoms with E-state index in [-0.39, 0.29) is 5.92 Å². The van der Waals surface area contributed by atoms with Gasteiger partial charge in [0.15, 0.2) is 0 Å². The van der Waals surface area contributed by atoms with E-state index in [2.05, 4.69) is 6.07 Å². The minimum Gasteiger partial charge on any atom is -0.480 e. The van der Waals surface area contributed by atoms with Gasteiger partial charge in [0.2, 0.25) is 0 Å². The Labute approximate surface area is 102 Å². The van der Waals surface area contributed by atoms with Gasteiger partial charge in [0.05, 0.1) is 0 Å². The Morgan fingerprint density at radius 3 is 2.76 bits per heavy atom. The molecule has 0 fully saturated rings. The van der Waals surface area contributed by atoms with Crippen LogP contribution in [0.2, 0.25) is 0 Å². The first-order chi connectivity index (χ1) is 8.11. The normalized spacial score (nSPS) is 18.2.